The summed E-state index contributed by atoms with van der Waals surface area (Å²) < 4.78 is 2.33. The van der Waals surface area contributed by atoms with E-state index in [0.717, 1.165) is 18.3 Å². The van der Waals surface area contributed by atoms with Crippen LogP contribution in [-0.2, 0) is 13.5 Å². The Balaban J connectivity index is 1.76. The summed E-state index contributed by atoms with van der Waals surface area (Å²) in [5.74, 6) is 2.35. The molecule has 0 aliphatic heterocycles. The Kier molecular flexibility index (Phi) is 3.98. The normalized spacial score (nSPS) is 22.0. The van der Waals surface area contributed by atoms with Crippen LogP contribution in [0.4, 0.5) is 0 Å². The van der Waals surface area contributed by atoms with Crippen molar-refractivity contribution in [3.05, 3.63) is 52.7 Å². The maximum atomic E-state index is 2.53. The number of hydrogen-bond acceptors (Lipinski definition) is 0. The van der Waals surface area contributed by atoms with Gasteiger partial charge in [-0.05, 0) is 85.6 Å². The molecule has 3 aliphatic rings. The summed E-state index contributed by atoms with van der Waals surface area (Å²) in [4.78, 5) is 0. The third-order valence-corrected chi connectivity index (χ3v) is 6.15. The third kappa shape index (κ3) is 2.68. The molecule has 0 atom stereocenters. The van der Waals surface area contributed by atoms with Crippen molar-refractivity contribution in [1.82, 2.24) is 0 Å². The van der Waals surface area contributed by atoms with E-state index >= 15 is 0 Å². The van der Waals surface area contributed by atoms with Gasteiger partial charge in [-0.25, -0.2) is 4.57 Å². The zero-order chi connectivity index (χ0) is 16.8. The summed E-state index contributed by atoms with van der Waals surface area (Å²) in [6.45, 7) is 6.87. The van der Waals surface area contributed by atoms with Gasteiger partial charge in [0.05, 0.1) is 0 Å². The molecule has 126 valence electrons. The molecule has 0 N–H and O–H groups in total. The predicted molar refractivity (Wildman–Crippen MR) is 100 cm³/mol. The van der Waals surface area contributed by atoms with Gasteiger partial charge in [-0.15, -0.1) is 0 Å². The molecule has 0 radical (unpaired) electrons. The van der Waals surface area contributed by atoms with Crippen molar-refractivity contribution >= 4 is 0 Å². The minimum Gasteiger partial charge on any atom is -0.201 e. The second-order valence-electron chi connectivity index (χ2n) is 8.48. The van der Waals surface area contributed by atoms with Gasteiger partial charge in [0.25, 0.3) is 0 Å². The average molecular weight is 321 g/mol. The van der Waals surface area contributed by atoms with E-state index in [1.165, 1.54) is 48.1 Å². The van der Waals surface area contributed by atoms with Gasteiger partial charge >= 0.3 is 0 Å². The summed E-state index contributed by atoms with van der Waals surface area (Å²) in [6, 6.07) is 9.68. The van der Waals surface area contributed by atoms with Crippen molar-refractivity contribution in [3.63, 3.8) is 0 Å². The highest BCUT2D eigenvalue weighted by molar-refractivity contribution is 5.65. The quantitative estimate of drug-likeness (QED) is 0.663. The monoisotopic (exact) mass is 320 g/mol. The van der Waals surface area contributed by atoms with Crippen molar-refractivity contribution in [3.8, 4) is 11.3 Å². The Bertz CT molecular complexity index is 764. The zero-order valence-corrected chi connectivity index (χ0v) is 15.6. The SMILES string of the molecule is Cc1cc2c(cc1-c1ccc(CC(C)C)c[n+]1C)C1CCC2CC1. The van der Waals surface area contributed by atoms with Crippen LogP contribution >= 0.6 is 0 Å². The molecule has 24 heavy (non-hydrogen) atoms. The minimum atomic E-state index is 0.705. The molecule has 1 aromatic carbocycles. The fourth-order valence-electron chi connectivity index (χ4n) is 4.98. The highest BCUT2D eigenvalue weighted by Gasteiger charge is 2.33. The lowest BCUT2D eigenvalue weighted by molar-refractivity contribution is -0.660. The van der Waals surface area contributed by atoms with Gasteiger partial charge in [0, 0.05) is 17.2 Å². The van der Waals surface area contributed by atoms with Crippen LogP contribution in [0.1, 0.15) is 73.6 Å². The first kappa shape index (κ1) is 15.9. The standard InChI is InChI=1S/C23H30N/c1-15(2)11-17-5-10-23(24(4)14-17)20-13-22-19-8-6-18(7-9-19)21(22)12-16(20)3/h5,10,12-15,18-19H,6-9,11H2,1-4H3/q+1. The van der Waals surface area contributed by atoms with Crippen LogP contribution in [0.5, 0.6) is 0 Å². The Hall–Kier alpha value is -1.63. The van der Waals surface area contributed by atoms with Crippen molar-refractivity contribution in [2.45, 2.75) is 64.7 Å². The Morgan fingerprint density at radius 2 is 1.62 bits per heavy atom. The van der Waals surface area contributed by atoms with Crippen molar-refractivity contribution in [2.24, 2.45) is 13.0 Å². The van der Waals surface area contributed by atoms with E-state index in [2.05, 4.69) is 62.8 Å². The molecule has 1 saturated carbocycles. The van der Waals surface area contributed by atoms with Gasteiger partial charge in [0.1, 0.15) is 7.05 Å². The molecule has 1 heteroatoms. The van der Waals surface area contributed by atoms with Crippen LogP contribution in [0.25, 0.3) is 11.3 Å². The van der Waals surface area contributed by atoms with E-state index < -0.39 is 0 Å². The summed E-state index contributed by atoms with van der Waals surface area (Å²) in [6.07, 6.45) is 9.10. The fourth-order valence-corrected chi connectivity index (χ4v) is 4.98. The predicted octanol–water partition coefficient (Wildman–Crippen LogP) is 5.44. The Labute approximate surface area is 146 Å². The number of nitrogens with zero attached hydrogens (tertiary/aromatic N) is 1. The fraction of sp³-hybridized carbons (Fsp3) is 0.522. The number of rotatable bonds is 3. The summed E-state index contributed by atoms with van der Waals surface area (Å²) in [5.41, 5.74) is 8.98. The molecule has 0 amide bonds. The van der Waals surface area contributed by atoms with Gasteiger partial charge in [-0.2, -0.15) is 0 Å². The number of aromatic nitrogens is 1. The zero-order valence-electron chi connectivity index (χ0n) is 15.6. The maximum Gasteiger partial charge on any atom is 0.212 e. The Morgan fingerprint density at radius 3 is 2.21 bits per heavy atom. The minimum absolute atomic E-state index is 0.705. The average Bonchev–Trinajstić information content (AvgIpc) is 2.55. The maximum absolute atomic E-state index is 2.53. The molecule has 0 spiro atoms. The van der Waals surface area contributed by atoms with Crippen LogP contribution in [0.2, 0.25) is 0 Å². The first-order valence-electron chi connectivity index (χ1n) is 9.66. The van der Waals surface area contributed by atoms with Crippen LogP contribution in [0.3, 0.4) is 0 Å². The van der Waals surface area contributed by atoms with E-state index in [9.17, 15) is 0 Å². The molecular weight excluding hydrogens is 290 g/mol. The number of aryl methyl sites for hydroxylation is 2. The third-order valence-electron chi connectivity index (χ3n) is 6.15. The van der Waals surface area contributed by atoms with E-state index in [0.29, 0.717) is 5.92 Å². The highest BCUT2D eigenvalue weighted by atomic mass is 14.9. The Morgan fingerprint density at radius 1 is 1.00 bits per heavy atom. The van der Waals surface area contributed by atoms with Gasteiger partial charge < -0.3 is 0 Å². The van der Waals surface area contributed by atoms with Gasteiger partial charge in [0.2, 0.25) is 5.69 Å². The van der Waals surface area contributed by atoms with Crippen LogP contribution < -0.4 is 4.57 Å². The molecule has 1 aromatic heterocycles. The number of pyridine rings is 1. The van der Waals surface area contributed by atoms with Crippen LogP contribution in [0.15, 0.2) is 30.5 Å². The van der Waals surface area contributed by atoms with Gasteiger partial charge in [-0.1, -0.05) is 19.9 Å². The van der Waals surface area contributed by atoms with Crippen molar-refractivity contribution < 1.29 is 4.57 Å². The first-order chi connectivity index (χ1) is 11.5. The van der Waals surface area contributed by atoms with E-state index in [-0.39, 0.29) is 0 Å². The highest BCUT2D eigenvalue weighted by Crippen LogP contribution is 2.50. The number of hydrogen-bond donors (Lipinski definition) is 0. The smallest absolute Gasteiger partial charge is 0.201 e. The molecular formula is C23H30N+. The molecule has 0 unspecified atom stereocenters. The molecule has 5 rings (SSSR count). The van der Waals surface area contributed by atoms with E-state index in [1.54, 1.807) is 11.1 Å². The molecule has 1 fully saturated rings. The lowest BCUT2D eigenvalue weighted by Gasteiger charge is -2.38. The summed E-state index contributed by atoms with van der Waals surface area (Å²) in [5, 5.41) is 0. The molecule has 2 aromatic rings. The van der Waals surface area contributed by atoms with Crippen molar-refractivity contribution in [1.29, 1.82) is 0 Å². The van der Waals surface area contributed by atoms with E-state index in [1.807, 2.05) is 0 Å². The number of fused-ring (bicyclic) bond motifs is 2. The lowest BCUT2D eigenvalue weighted by Crippen LogP contribution is -2.32. The molecule has 1 heterocycles. The van der Waals surface area contributed by atoms with Crippen LogP contribution in [-0.4, -0.2) is 0 Å². The van der Waals surface area contributed by atoms with Gasteiger partial charge in [-0.3, -0.25) is 0 Å². The topological polar surface area (TPSA) is 3.88 Å². The van der Waals surface area contributed by atoms with Gasteiger partial charge in [0.15, 0.2) is 6.20 Å². The molecule has 2 bridgehead atoms. The lowest BCUT2D eigenvalue weighted by atomic mass is 9.66. The second kappa shape index (κ2) is 6.02. The molecule has 0 saturated heterocycles. The molecule has 1 nitrogen and oxygen atoms in total. The first-order valence-corrected chi connectivity index (χ1v) is 9.66. The van der Waals surface area contributed by atoms with E-state index in [4.69, 9.17) is 0 Å². The summed E-state index contributed by atoms with van der Waals surface area (Å²) >= 11 is 0. The molecule has 3 aliphatic carbocycles. The van der Waals surface area contributed by atoms with Crippen LogP contribution in [0, 0.1) is 12.8 Å². The number of benzene rings is 1. The summed E-state index contributed by atoms with van der Waals surface area (Å²) in [7, 11) is 2.20. The second-order valence-corrected chi connectivity index (χ2v) is 8.48. The van der Waals surface area contributed by atoms with Crippen molar-refractivity contribution in [2.75, 3.05) is 0 Å². The largest absolute Gasteiger partial charge is 0.212 e.